The smallest absolute Gasteiger partial charge is 0.0109 e. The van der Waals surface area contributed by atoms with Gasteiger partial charge in [-0.25, -0.2) is 0 Å². The molecule has 0 aliphatic heterocycles. The second-order valence-electron chi connectivity index (χ2n) is 6.25. The molecule has 2 rings (SSSR count). The molecule has 0 spiro atoms. The number of rotatable bonds is 7. The molecular formula is C25H28. The summed E-state index contributed by atoms with van der Waals surface area (Å²) in [5.41, 5.74) is 5.18. The number of hydrogen-bond donors (Lipinski definition) is 0. The number of benzene rings is 2. The standard InChI is InChI=1S/C25H28/c1-3-5-8-11-23-18-20-25(21-19-23)13-10-7-6-9-12-24-16-14-22(4-2)15-17-24/h9-10,12-21H,3-5,8,11H2,1-2H3. The molecule has 0 aromatic heterocycles. The van der Waals surface area contributed by atoms with Crippen LogP contribution >= 0.6 is 0 Å². The van der Waals surface area contributed by atoms with Crippen molar-refractivity contribution in [2.45, 2.75) is 46.0 Å². The largest absolute Gasteiger partial charge is 0.0702 e. The molecule has 0 saturated heterocycles. The van der Waals surface area contributed by atoms with Gasteiger partial charge < -0.3 is 0 Å². The van der Waals surface area contributed by atoms with Crippen LogP contribution in [0.3, 0.4) is 0 Å². The van der Waals surface area contributed by atoms with Crippen LogP contribution in [-0.2, 0) is 12.8 Å². The first-order chi connectivity index (χ1) is 12.3. The van der Waals surface area contributed by atoms with Crippen molar-refractivity contribution in [1.82, 2.24) is 0 Å². The van der Waals surface area contributed by atoms with Gasteiger partial charge in [-0.1, -0.05) is 87.1 Å². The Labute approximate surface area is 153 Å². The minimum Gasteiger partial charge on any atom is -0.0702 e. The van der Waals surface area contributed by atoms with Gasteiger partial charge in [-0.2, -0.15) is 0 Å². The maximum Gasteiger partial charge on any atom is -0.0109 e. The molecule has 0 saturated carbocycles. The van der Waals surface area contributed by atoms with Gasteiger partial charge in [-0.3, -0.25) is 0 Å². The number of aryl methyl sites for hydroxylation is 2. The van der Waals surface area contributed by atoms with E-state index in [9.17, 15) is 0 Å². The Morgan fingerprint density at radius 3 is 1.68 bits per heavy atom. The summed E-state index contributed by atoms with van der Waals surface area (Å²) in [6.45, 7) is 4.41. The third-order valence-electron chi connectivity index (χ3n) is 4.24. The Kier molecular flexibility index (Phi) is 8.36. The molecule has 25 heavy (non-hydrogen) atoms. The van der Waals surface area contributed by atoms with Crippen molar-refractivity contribution in [3.05, 3.63) is 82.9 Å². The third-order valence-corrected chi connectivity index (χ3v) is 4.24. The highest BCUT2D eigenvalue weighted by Gasteiger charge is 1.93. The molecule has 128 valence electrons. The first-order valence-corrected chi connectivity index (χ1v) is 9.34. The van der Waals surface area contributed by atoms with E-state index in [1.807, 2.05) is 18.2 Å². The highest BCUT2D eigenvalue weighted by atomic mass is 14.0. The van der Waals surface area contributed by atoms with Gasteiger partial charge in [0.2, 0.25) is 0 Å². The van der Waals surface area contributed by atoms with Crippen LogP contribution in [0.1, 0.15) is 55.4 Å². The Morgan fingerprint density at radius 2 is 1.20 bits per heavy atom. The molecule has 0 bridgehead atoms. The van der Waals surface area contributed by atoms with Crippen LogP contribution in [0.2, 0.25) is 0 Å². The van der Waals surface area contributed by atoms with Gasteiger partial charge in [0.1, 0.15) is 0 Å². The number of unbranched alkanes of at least 4 members (excludes halogenated alkanes) is 2. The molecule has 0 unspecified atom stereocenters. The maximum atomic E-state index is 3.07. The van der Waals surface area contributed by atoms with E-state index in [2.05, 4.69) is 80.3 Å². The molecule has 0 N–H and O–H groups in total. The zero-order chi connectivity index (χ0) is 17.7. The quantitative estimate of drug-likeness (QED) is 0.391. The molecule has 0 radical (unpaired) electrons. The normalized spacial score (nSPS) is 11.0. The summed E-state index contributed by atoms with van der Waals surface area (Å²) in [6, 6.07) is 17.4. The maximum absolute atomic E-state index is 3.07. The molecular weight excluding hydrogens is 300 g/mol. The van der Waals surface area contributed by atoms with Gasteiger partial charge in [0.15, 0.2) is 0 Å². The van der Waals surface area contributed by atoms with Crippen LogP contribution in [0.25, 0.3) is 12.2 Å². The molecule has 0 aliphatic rings. The second kappa shape index (κ2) is 11.1. The van der Waals surface area contributed by atoms with Crippen LogP contribution in [0, 0.1) is 11.8 Å². The highest BCUT2D eigenvalue weighted by molar-refractivity contribution is 5.56. The zero-order valence-electron chi connectivity index (χ0n) is 15.5. The van der Waals surface area contributed by atoms with Crippen LogP contribution < -0.4 is 0 Å². The van der Waals surface area contributed by atoms with Crippen LogP contribution in [0.5, 0.6) is 0 Å². The van der Waals surface area contributed by atoms with Crippen molar-refractivity contribution >= 4 is 12.2 Å². The summed E-state index contributed by atoms with van der Waals surface area (Å²) in [5, 5.41) is 0. The third kappa shape index (κ3) is 7.27. The summed E-state index contributed by atoms with van der Waals surface area (Å²) in [7, 11) is 0. The van der Waals surface area contributed by atoms with Gasteiger partial charge in [0.25, 0.3) is 0 Å². The molecule has 0 fully saturated rings. The minimum absolute atomic E-state index is 1.08. The summed E-state index contributed by atoms with van der Waals surface area (Å²) < 4.78 is 0. The van der Waals surface area contributed by atoms with E-state index in [0.29, 0.717) is 0 Å². The topological polar surface area (TPSA) is 0 Å². The Bertz CT molecular complexity index is 731. The monoisotopic (exact) mass is 328 g/mol. The summed E-state index contributed by atoms with van der Waals surface area (Å²) in [6.07, 6.45) is 14.1. The second-order valence-corrected chi connectivity index (χ2v) is 6.25. The predicted octanol–water partition coefficient (Wildman–Crippen LogP) is 6.71. The zero-order valence-corrected chi connectivity index (χ0v) is 15.5. The van der Waals surface area contributed by atoms with E-state index >= 15 is 0 Å². The molecule has 0 amide bonds. The lowest BCUT2D eigenvalue weighted by Gasteiger charge is -2.00. The first-order valence-electron chi connectivity index (χ1n) is 9.34. The van der Waals surface area contributed by atoms with Crippen molar-refractivity contribution in [2.24, 2.45) is 0 Å². The lowest BCUT2D eigenvalue weighted by Crippen LogP contribution is -1.85. The molecule has 2 aromatic carbocycles. The van der Waals surface area contributed by atoms with Crippen molar-refractivity contribution < 1.29 is 0 Å². The molecule has 0 heterocycles. The lowest BCUT2D eigenvalue weighted by atomic mass is 10.1. The fourth-order valence-corrected chi connectivity index (χ4v) is 2.61. The molecule has 0 nitrogen and oxygen atoms in total. The SMILES string of the molecule is CCCCCc1ccc(C=CC#CC=Cc2ccc(CC)cc2)cc1. The predicted molar refractivity (Wildman–Crippen MR) is 111 cm³/mol. The van der Waals surface area contributed by atoms with E-state index in [1.165, 1.54) is 47.9 Å². The van der Waals surface area contributed by atoms with Crippen molar-refractivity contribution in [1.29, 1.82) is 0 Å². The van der Waals surface area contributed by atoms with Crippen molar-refractivity contribution in [3.8, 4) is 11.8 Å². The Balaban J connectivity index is 1.82. The summed E-state index contributed by atoms with van der Waals surface area (Å²) >= 11 is 0. The van der Waals surface area contributed by atoms with E-state index in [0.717, 1.165) is 6.42 Å². The van der Waals surface area contributed by atoms with E-state index in [4.69, 9.17) is 0 Å². The number of allylic oxidation sites excluding steroid dienone is 2. The average molecular weight is 328 g/mol. The lowest BCUT2D eigenvalue weighted by molar-refractivity contribution is 0.717. The van der Waals surface area contributed by atoms with Crippen LogP contribution in [-0.4, -0.2) is 0 Å². The summed E-state index contributed by atoms with van der Waals surface area (Å²) in [4.78, 5) is 0. The Morgan fingerprint density at radius 1 is 0.680 bits per heavy atom. The molecule has 0 heteroatoms. The summed E-state index contributed by atoms with van der Waals surface area (Å²) in [5.74, 6) is 6.13. The first kappa shape index (κ1) is 18.8. The van der Waals surface area contributed by atoms with Crippen molar-refractivity contribution in [3.63, 3.8) is 0 Å². The van der Waals surface area contributed by atoms with E-state index < -0.39 is 0 Å². The van der Waals surface area contributed by atoms with Gasteiger partial charge in [0, 0.05) is 0 Å². The molecule has 0 atom stereocenters. The minimum atomic E-state index is 1.08. The van der Waals surface area contributed by atoms with Gasteiger partial charge in [-0.05, 0) is 65.8 Å². The van der Waals surface area contributed by atoms with Gasteiger partial charge in [-0.15, -0.1) is 0 Å². The van der Waals surface area contributed by atoms with Crippen molar-refractivity contribution in [2.75, 3.05) is 0 Å². The average Bonchev–Trinajstić information content (AvgIpc) is 2.66. The highest BCUT2D eigenvalue weighted by Crippen LogP contribution is 2.10. The van der Waals surface area contributed by atoms with Gasteiger partial charge >= 0.3 is 0 Å². The van der Waals surface area contributed by atoms with Crippen LogP contribution in [0.15, 0.2) is 60.7 Å². The van der Waals surface area contributed by atoms with E-state index in [-0.39, 0.29) is 0 Å². The van der Waals surface area contributed by atoms with E-state index in [1.54, 1.807) is 0 Å². The van der Waals surface area contributed by atoms with Crippen LogP contribution in [0.4, 0.5) is 0 Å². The van der Waals surface area contributed by atoms with Gasteiger partial charge in [0.05, 0.1) is 0 Å². The number of hydrogen-bond acceptors (Lipinski definition) is 0. The fourth-order valence-electron chi connectivity index (χ4n) is 2.61. The molecule has 0 aliphatic carbocycles. The molecule has 2 aromatic rings. The fraction of sp³-hybridized carbons (Fsp3) is 0.280. The Hall–Kier alpha value is -2.52.